The molecule has 0 saturated heterocycles. The second-order valence-electron chi connectivity index (χ2n) is 5.89. The molecule has 144 valence electrons. The van der Waals surface area contributed by atoms with E-state index in [9.17, 15) is 13.8 Å². The Morgan fingerprint density at radius 3 is 2.41 bits per heavy atom. The summed E-state index contributed by atoms with van der Waals surface area (Å²) in [7, 11) is 0.280. The Balaban J connectivity index is 1.86. The van der Waals surface area contributed by atoms with Crippen molar-refractivity contribution in [3.8, 4) is 5.75 Å². The van der Waals surface area contributed by atoms with Crippen LogP contribution in [0.2, 0.25) is 0 Å². The number of carbonyl (C=O) groups is 2. The van der Waals surface area contributed by atoms with Gasteiger partial charge in [-0.25, -0.2) is 4.79 Å². The summed E-state index contributed by atoms with van der Waals surface area (Å²) in [5.41, 5.74) is 1.26. The van der Waals surface area contributed by atoms with Gasteiger partial charge in [-0.3, -0.25) is 9.00 Å². The lowest BCUT2D eigenvalue weighted by Gasteiger charge is -2.14. The van der Waals surface area contributed by atoms with E-state index < -0.39 is 22.9 Å². The third-order valence-electron chi connectivity index (χ3n) is 3.94. The monoisotopic (exact) mass is 389 g/mol. The number of methoxy groups -OCH3 is 1. The highest BCUT2D eigenvalue weighted by Crippen LogP contribution is 2.15. The summed E-state index contributed by atoms with van der Waals surface area (Å²) in [6.07, 6.45) is 1.18. The molecule has 0 aliphatic rings. The molecule has 1 N–H and O–H groups in total. The van der Waals surface area contributed by atoms with Crippen LogP contribution < -0.4 is 10.1 Å². The molecular weight excluding hydrogens is 366 g/mol. The summed E-state index contributed by atoms with van der Waals surface area (Å²) < 4.78 is 22.0. The van der Waals surface area contributed by atoms with Crippen molar-refractivity contribution in [1.29, 1.82) is 0 Å². The van der Waals surface area contributed by atoms with Crippen molar-refractivity contribution in [3.63, 3.8) is 0 Å². The Hall–Kier alpha value is -2.67. The van der Waals surface area contributed by atoms with Crippen molar-refractivity contribution in [1.82, 2.24) is 5.32 Å². The van der Waals surface area contributed by atoms with Crippen molar-refractivity contribution in [2.24, 2.45) is 0 Å². The van der Waals surface area contributed by atoms with Crippen LogP contribution in [-0.2, 0) is 26.8 Å². The molecule has 2 atom stereocenters. The number of hydrogen-bond acceptors (Lipinski definition) is 5. The van der Waals surface area contributed by atoms with E-state index in [1.54, 1.807) is 25.3 Å². The SMILES string of the molecule is COc1ccc(CCNC(=O)[C@@H](C)OC(=O)c2ccccc2[S@](C)=O)cc1. The van der Waals surface area contributed by atoms with Gasteiger partial charge in [0.2, 0.25) is 0 Å². The number of rotatable bonds is 8. The van der Waals surface area contributed by atoms with E-state index in [0.717, 1.165) is 11.3 Å². The van der Waals surface area contributed by atoms with Gasteiger partial charge in [0.05, 0.1) is 28.4 Å². The molecule has 0 saturated carbocycles. The van der Waals surface area contributed by atoms with Crippen LogP contribution in [0, 0.1) is 0 Å². The van der Waals surface area contributed by atoms with E-state index >= 15 is 0 Å². The quantitative estimate of drug-likeness (QED) is 0.701. The number of nitrogens with one attached hydrogen (secondary N) is 1. The largest absolute Gasteiger partial charge is 0.497 e. The Bertz CT molecular complexity index is 819. The van der Waals surface area contributed by atoms with Crippen molar-refractivity contribution < 1.29 is 23.3 Å². The zero-order valence-electron chi connectivity index (χ0n) is 15.6. The van der Waals surface area contributed by atoms with E-state index in [1.807, 2.05) is 24.3 Å². The molecule has 0 fully saturated rings. The topological polar surface area (TPSA) is 81.7 Å². The zero-order valence-corrected chi connectivity index (χ0v) is 16.4. The highest BCUT2D eigenvalue weighted by molar-refractivity contribution is 7.84. The van der Waals surface area contributed by atoms with Crippen LogP contribution in [0.5, 0.6) is 5.75 Å². The highest BCUT2D eigenvalue weighted by atomic mass is 32.2. The number of hydrogen-bond donors (Lipinski definition) is 1. The lowest BCUT2D eigenvalue weighted by Crippen LogP contribution is -2.37. The summed E-state index contributed by atoms with van der Waals surface area (Å²) in [5, 5.41) is 2.75. The normalized spacial score (nSPS) is 12.7. The van der Waals surface area contributed by atoms with Crippen LogP contribution in [-0.4, -0.2) is 42.1 Å². The molecule has 7 heteroatoms. The molecule has 0 aliphatic heterocycles. The fraction of sp³-hybridized carbons (Fsp3) is 0.300. The predicted octanol–water partition coefficient (Wildman–Crippen LogP) is 2.34. The fourth-order valence-electron chi connectivity index (χ4n) is 2.43. The maximum atomic E-state index is 12.3. The van der Waals surface area contributed by atoms with Gasteiger partial charge < -0.3 is 14.8 Å². The molecule has 2 rings (SSSR count). The standard InChI is InChI=1S/C20H23NO5S/c1-14(26-20(23)17-6-4-5-7-18(17)27(3)24)19(22)21-13-12-15-8-10-16(25-2)11-9-15/h4-11,14H,12-13H2,1-3H3,(H,21,22)/t14-,27+/m1/s1. The number of benzene rings is 2. The van der Waals surface area contributed by atoms with Gasteiger partial charge in [-0.05, 0) is 43.2 Å². The van der Waals surface area contributed by atoms with Crippen LogP contribution in [0.25, 0.3) is 0 Å². The minimum atomic E-state index is -1.33. The molecule has 0 aliphatic carbocycles. The first-order chi connectivity index (χ1) is 12.9. The number of esters is 1. The molecule has 1 amide bonds. The molecule has 0 radical (unpaired) electrons. The first-order valence-corrected chi connectivity index (χ1v) is 10.0. The molecule has 0 spiro atoms. The van der Waals surface area contributed by atoms with Gasteiger partial charge in [-0.1, -0.05) is 24.3 Å². The molecule has 0 heterocycles. The van der Waals surface area contributed by atoms with Crippen molar-refractivity contribution >= 4 is 22.7 Å². The minimum absolute atomic E-state index is 0.205. The average molecular weight is 389 g/mol. The summed E-state index contributed by atoms with van der Waals surface area (Å²) in [5.74, 6) is -0.276. The lowest BCUT2D eigenvalue weighted by molar-refractivity contribution is -0.129. The van der Waals surface area contributed by atoms with E-state index in [-0.39, 0.29) is 11.5 Å². The van der Waals surface area contributed by atoms with Crippen molar-refractivity contribution in [2.75, 3.05) is 19.9 Å². The maximum Gasteiger partial charge on any atom is 0.340 e. The van der Waals surface area contributed by atoms with Gasteiger partial charge in [0.15, 0.2) is 6.10 Å². The van der Waals surface area contributed by atoms with Crippen molar-refractivity contribution in [2.45, 2.75) is 24.3 Å². The predicted molar refractivity (Wildman–Crippen MR) is 103 cm³/mol. The van der Waals surface area contributed by atoms with E-state index in [1.165, 1.54) is 19.2 Å². The highest BCUT2D eigenvalue weighted by Gasteiger charge is 2.21. The molecule has 27 heavy (non-hydrogen) atoms. The second-order valence-corrected chi connectivity index (χ2v) is 7.23. The average Bonchev–Trinajstić information content (AvgIpc) is 2.68. The second kappa shape index (κ2) is 9.87. The molecular formula is C20H23NO5S. The van der Waals surface area contributed by atoms with Gasteiger partial charge in [0.25, 0.3) is 5.91 Å². The molecule has 0 bridgehead atoms. The van der Waals surface area contributed by atoms with Crippen LogP contribution in [0.3, 0.4) is 0 Å². The van der Waals surface area contributed by atoms with E-state index in [2.05, 4.69) is 5.32 Å². The Morgan fingerprint density at radius 2 is 1.78 bits per heavy atom. The Kier molecular flexibility index (Phi) is 7.55. The zero-order chi connectivity index (χ0) is 19.8. The molecule has 6 nitrogen and oxygen atoms in total. The van der Waals surface area contributed by atoms with Gasteiger partial charge in [0, 0.05) is 12.8 Å². The summed E-state index contributed by atoms with van der Waals surface area (Å²) >= 11 is 0. The third kappa shape index (κ3) is 5.92. The summed E-state index contributed by atoms with van der Waals surface area (Å²) in [4.78, 5) is 24.8. The van der Waals surface area contributed by atoms with Crippen LogP contribution in [0.15, 0.2) is 53.4 Å². The van der Waals surface area contributed by atoms with Gasteiger partial charge in [-0.2, -0.15) is 0 Å². The lowest BCUT2D eigenvalue weighted by atomic mass is 10.1. The Morgan fingerprint density at radius 1 is 1.11 bits per heavy atom. The van der Waals surface area contributed by atoms with Crippen LogP contribution >= 0.6 is 0 Å². The molecule has 0 unspecified atom stereocenters. The van der Waals surface area contributed by atoms with Crippen LogP contribution in [0.4, 0.5) is 0 Å². The Labute approximate surface area is 161 Å². The first-order valence-electron chi connectivity index (χ1n) is 8.46. The van der Waals surface area contributed by atoms with Crippen molar-refractivity contribution in [3.05, 3.63) is 59.7 Å². The third-order valence-corrected chi connectivity index (χ3v) is 4.92. The fourth-order valence-corrected chi connectivity index (χ4v) is 3.16. The molecule has 2 aromatic rings. The van der Waals surface area contributed by atoms with Gasteiger partial charge in [0.1, 0.15) is 5.75 Å². The first kappa shape index (κ1) is 20.6. The smallest absolute Gasteiger partial charge is 0.340 e. The molecule has 2 aromatic carbocycles. The van der Waals surface area contributed by atoms with E-state index in [0.29, 0.717) is 17.9 Å². The van der Waals surface area contributed by atoms with Gasteiger partial charge in [-0.15, -0.1) is 0 Å². The van der Waals surface area contributed by atoms with Crippen LogP contribution in [0.1, 0.15) is 22.8 Å². The number of carbonyl (C=O) groups excluding carboxylic acids is 2. The summed E-state index contributed by atoms with van der Waals surface area (Å²) in [6.45, 7) is 1.93. The minimum Gasteiger partial charge on any atom is -0.497 e. The van der Waals surface area contributed by atoms with E-state index in [4.69, 9.17) is 9.47 Å². The molecule has 0 aromatic heterocycles. The van der Waals surface area contributed by atoms with Gasteiger partial charge >= 0.3 is 5.97 Å². The number of ether oxygens (including phenoxy) is 2. The summed E-state index contributed by atoms with van der Waals surface area (Å²) in [6, 6.07) is 14.1. The maximum absolute atomic E-state index is 12.3. The number of amides is 1.